The molecule has 1 atom stereocenters. The molecular formula is C25H26FNO4. The van der Waals surface area contributed by atoms with Crippen molar-refractivity contribution < 1.29 is 24.2 Å². The Morgan fingerprint density at radius 3 is 2.29 bits per heavy atom. The van der Waals surface area contributed by atoms with E-state index in [1.165, 1.54) is 6.07 Å². The fraction of sp³-hybridized carbons (Fsp3) is 0.440. The van der Waals surface area contributed by atoms with Crippen LogP contribution in [0.1, 0.15) is 43.2 Å². The molecule has 3 aliphatic rings. The van der Waals surface area contributed by atoms with Gasteiger partial charge in [-0.05, 0) is 67.2 Å². The van der Waals surface area contributed by atoms with E-state index in [1.54, 1.807) is 17.0 Å². The van der Waals surface area contributed by atoms with Gasteiger partial charge in [-0.2, -0.15) is 0 Å². The molecular weight excluding hydrogens is 397 g/mol. The Bertz CT molecular complexity index is 1080. The van der Waals surface area contributed by atoms with Crippen LogP contribution in [0.15, 0.2) is 42.5 Å². The Kier molecular flexibility index (Phi) is 4.32. The number of aliphatic hydroxyl groups is 1. The molecule has 31 heavy (non-hydrogen) atoms. The first-order valence-corrected chi connectivity index (χ1v) is 10.8. The lowest BCUT2D eigenvalue weighted by Gasteiger charge is -2.36. The molecule has 2 saturated carbocycles. The fourth-order valence-electron chi connectivity index (χ4n) is 5.56. The summed E-state index contributed by atoms with van der Waals surface area (Å²) in [6, 6.07) is 12.6. The first kappa shape index (κ1) is 20.2. The van der Waals surface area contributed by atoms with Crippen LogP contribution in [0.3, 0.4) is 0 Å². The zero-order valence-corrected chi connectivity index (χ0v) is 17.5. The molecule has 1 amide bonds. The average molecular weight is 423 g/mol. The van der Waals surface area contributed by atoms with Gasteiger partial charge >= 0.3 is 5.97 Å². The number of carboxylic acid groups (broad SMARTS) is 1. The summed E-state index contributed by atoms with van der Waals surface area (Å²) in [5.41, 5.74) is -0.104. The number of piperidine rings is 1. The number of amides is 1. The van der Waals surface area contributed by atoms with Crippen LogP contribution >= 0.6 is 0 Å². The zero-order chi connectivity index (χ0) is 22.0. The van der Waals surface area contributed by atoms with E-state index < -0.39 is 28.2 Å². The number of carbonyl (C=O) groups excluding carboxylic acids is 1. The summed E-state index contributed by atoms with van der Waals surface area (Å²) in [7, 11) is 0. The highest BCUT2D eigenvalue weighted by Crippen LogP contribution is 2.70. The molecule has 0 unspecified atom stereocenters. The van der Waals surface area contributed by atoms with E-state index in [1.807, 2.05) is 31.2 Å². The van der Waals surface area contributed by atoms with Crippen molar-refractivity contribution >= 4 is 11.9 Å². The maximum atomic E-state index is 15.3. The molecule has 0 radical (unpaired) electrons. The highest BCUT2D eigenvalue weighted by molar-refractivity contribution is 5.89. The van der Waals surface area contributed by atoms with Crippen molar-refractivity contribution in [2.24, 2.45) is 5.41 Å². The Labute approximate surface area is 180 Å². The molecule has 1 aliphatic heterocycles. The molecule has 5 rings (SSSR count). The quantitative estimate of drug-likeness (QED) is 0.787. The molecule has 3 fully saturated rings. The van der Waals surface area contributed by atoms with Crippen LogP contribution in [-0.2, 0) is 15.0 Å². The number of carbonyl (C=O) groups is 2. The molecule has 2 aromatic rings. The van der Waals surface area contributed by atoms with E-state index in [0.29, 0.717) is 45.2 Å². The topological polar surface area (TPSA) is 77.8 Å². The number of nitrogens with zero attached hydrogens (tertiary/aromatic N) is 1. The van der Waals surface area contributed by atoms with Gasteiger partial charge in [0, 0.05) is 18.7 Å². The first-order chi connectivity index (χ1) is 14.7. The normalized spacial score (nSPS) is 25.3. The number of aliphatic carboxylic acids is 1. The van der Waals surface area contributed by atoms with Gasteiger partial charge in [0.2, 0.25) is 0 Å². The van der Waals surface area contributed by atoms with Crippen molar-refractivity contribution in [3.63, 3.8) is 0 Å². The van der Waals surface area contributed by atoms with Gasteiger partial charge in [-0.25, -0.2) is 4.39 Å². The minimum absolute atomic E-state index is 0.234. The fourth-order valence-corrected chi connectivity index (χ4v) is 5.56. The predicted octanol–water partition coefficient (Wildman–Crippen LogP) is 3.66. The molecule has 2 aromatic carbocycles. The predicted molar refractivity (Wildman–Crippen MR) is 113 cm³/mol. The van der Waals surface area contributed by atoms with Gasteiger partial charge in [-0.1, -0.05) is 36.4 Å². The standard InChI is InChI=1S/C25H26FNO4/c1-16-4-2-3-5-18(16)17-6-7-19(20(26)14-17)25(22(29)30)15-23(25)10-12-27(13-11-23)21(28)24(31)8-9-24/h2-7,14,31H,8-13,15H2,1H3,(H,29,30)/t25-/m1/s1. The first-order valence-electron chi connectivity index (χ1n) is 10.8. The molecule has 2 aliphatic carbocycles. The Balaban J connectivity index is 1.42. The van der Waals surface area contributed by atoms with Crippen molar-refractivity contribution in [1.29, 1.82) is 0 Å². The van der Waals surface area contributed by atoms with E-state index in [9.17, 15) is 19.8 Å². The van der Waals surface area contributed by atoms with Crippen molar-refractivity contribution in [2.75, 3.05) is 13.1 Å². The van der Waals surface area contributed by atoms with Gasteiger partial charge < -0.3 is 15.1 Å². The van der Waals surface area contributed by atoms with E-state index >= 15 is 4.39 Å². The second kappa shape index (κ2) is 6.63. The van der Waals surface area contributed by atoms with Crippen molar-refractivity contribution in [2.45, 2.75) is 50.0 Å². The van der Waals surface area contributed by atoms with Gasteiger partial charge in [0.05, 0.1) is 0 Å². The summed E-state index contributed by atoms with van der Waals surface area (Å²) in [5.74, 6) is -1.75. The largest absolute Gasteiger partial charge is 0.481 e. The Morgan fingerprint density at radius 2 is 1.71 bits per heavy atom. The second-order valence-corrected chi connectivity index (χ2v) is 9.50. The third kappa shape index (κ3) is 2.92. The summed E-state index contributed by atoms with van der Waals surface area (Å²) in [5, 5.41) is 20.3. The van der Waals surface area contributed by atoms with Crippen LogP contribution in [0.25, 0.3) is 11.1 Å². The van der Waals surface area contributed by atoms with E-state index in [4.69, 9.17) is 0 Å². The molecule has 0 bridgehead atoms. The summed E-state index contributed by atoms with van der Waals surface area (Å²) in [6.07, 6.45) is 2.36. The van der Waals surface area contributed by atoms with Gasteiger partial charge in [-0.3, -0.25) is 9.59 Å². The molecule has 1 saturated heterocycles. The molecule has 5 nitrogen and oxygen atoms in total. The maximum absolute atomic E-state index is 15.3. The van der Waals surface area contributed by atoms with Crippen LogP contribution in [-0.4, -0.2) is 45.7 Å². The molecule has 6 heteroatoms. The third-order valence-electron chi connectivity index (χ3n) is 7.76. The number of carboxylic acids is 1. The van der Waals surface area contributed by atoms with Gasteiger partial charge in [0.1, 0.15) is 16.8 Å². The molecule has 1 heterocycles. The summed E-state index contributed by atoms with van der Waals surface area (Å²) in [4.78, 5) is 26.5. The Hall–Kier alpha value is -2.73. The molecule has 162 valence electrons. The number of likely N-dealkylation sites (tertiary alicyclic amines) is 1. The smallest absolute Gasteiger partial charge is 0.314 e. The minimum atomic E-state index is -1.26. The van der Waals surface area contributed by atoms with E-state index in [2.05, 4.69) is 0 Å². The van der Waals surface area contributed by atoms with E-state index in [0.717, 1.165) is 16.7 Å². The highest BCUT2D eigenvalue weighted by atomic mass is 19.1. The number of aryl methyl sites for hydroxylation is 1. The number of halogens is 1. The average Bonchev–Trinajstić information content (AvgIpc) is 3.65. The number of hydrogen-bond acceptors (Lipinski definition) is 3. The van der Waals surface area contributed by atoms with Gasteiger partial charge in [-0.15, -0.1) is 0 Å². The number of benzene rings is 2. The van der Waals surface area contributed by atoms with Crippen LogP contribution < -0.4 is 0 Å². The van der Waals surface area contributed by atoms with Crippen molar-refractivity contribution in [3.05, 3.63) is 59.4 Å². The lowest BCUT2D eigenvalue weighted by atomic mass is 9.79. The lowest BCUT2D eigenvalue weighted by Crippen LogP contribution is -2.47. The summed E-state index contributed by atoms with van der Waals surface area (Å²) in [6.45, 7) is 2.77. The zero-order valence-electron chi connectivity index (χ0n) is 17.5. The monoisotopic (exact) mass is 423 g/mol. The van der Waals surface area contributed by atoms with Crippen molar-refractivity contribution in [3.8, 4) is 11.1 Å². The van der Waals surface area contributed by atoms with Gasteiger partial charge in [0.15, 0.2) is 0 Å². The van der Waals surface area contributed by atoms with Crippen LogP contribution in [0.4, 0.5) is 4.39 Å². The van der Waals surface area contributed by atoms with Crippen LogP contribution in [0.5, 0.6) is 0 Å². The molecule has 1 spiro atoms. The number of hydrogen-bond donors (Lipinski definition) is 2. The molecule has 2 N–H and O–H groups in total. The Morgan fingerprint density at radius 1 is 1.03 bits per heavy atom. The maximum Gasteiger partial charge on any atom is 0.314 e. The van der Waals surface area contributed by atoms with Gasteiger partial charge in [0.25, 0.3) is 5.91 Å². The minimum Gasteiger partial charge on any atom is -0.481 e. The second-order valence-electron chi connectivity index (χ2n) is 9.50. The van der Waals surface area contributed by atoms with E-state index in [-0.39, 0.29) is 11.5 Å². The lowest BCUT2D eigenvalue weighted by molar-refractivity contribution is -0.145. The summed E-state index contributed by atoms with van der Waals surface area (Å²) < 4.78 is 15.3. The highest BCUT2D eigenvalue weighted by Gasteiger charge is 2.74. The summed E-state index contributed by atoms with van der Waals surface area (Å²) >= 11 is 0. The van der Waals surface area contributed by atoms with Crippen molar-refractivity contribution in [1.82, 2.24) is 4.90 Å². The third-order valence-corrected chi connectivity index (χ3v) is 7.76. The van der Waals surface area contributed by atoms with Crippen LogP contribution in [0.2, 0.25) is 0 Å². The number of rotatable bonds is 4. The molecule has 0 aromatic heterocycles. The SMILES string of the molecule is Cc1ccccc1-c1ccc([C@@]2(C(=O)O)CC23CCN(C(=O)C2(O)CC2)CC3)c(F)c1. The van der Waals surface area contributed by atoms with Crippen LogP contribution in [0, 0.1) is 18.2 Å².